The predicted molar refractivity (Wildman–Crippen MR) is 57.9 cm³/mol. The van der Waals surface area contributed by atoms with Crippen molar-refractivity contribution in [1.82, 2.24) is 0 Å². The quantitative estimate of drug-likeness (QED) is 0.726. The molecule has 0 heterocycles. The molecule has 0 unspecified atom stereocenters. The molecule has 2 nitrogen and oxygen atoms in total. The van der Waals surface area contributed by atoms with Crippen molar-refractivity contribution in [2.45, 2.75) is 40.0 Å². The first-order chi connectivity index (χ1) is 6.57. The van der Waals surface area contributed by atoms with Crippen molar-refractivity contribution in [3.63, 3.8) is 0 Å². The normalized spacial score (nSPS) is 10.5. The molecule has 0 fully saturated rings. The van der Waals surface area contributed by atoms with Gasteiger partial charge in [0.1, 0.15) is 11.5 Å². The maximum atomic E-state index is 9.82. The van der Waals surface area contributed by atoms with Gasteiger partial charge in [-0.05, 0) is 43.9 Å². The van der Waals surface area contributed by atoms with Crippen molar-refractivity contribution in [3.8, 4) is 11.5 Å². The Morgan fingerprint density at radius 1 is 1.21 bits per heavy atom. The topological polar surface area (TPSA) is 40.5 Å². The Balaban J connectivity index is 3.11. The Kier molecular flexibility index (Phi) is 3.39. The number of aryl methyl sites for hydroxylation is 1. The highest BCUT2D eigenvalue weighted by Gasteiger charge is 2.11. The van der Waals surface area contributed by atoms with Gasteiger partial charge in [0.05, 0.1) is 0 Å². The van der Waals surface area contributed by atoms with Gasteiger partial charge in [0.25, 0.3) is 0 Å². The van der Waals surface area contributed by atoms with Gasteiger partial charge in [-0.2, -0.15) is 0 Å². The van der Waals surface area contributed by atoms with Crippen LogP contribution in [0.4, 0.5) is 0 Å². The summed E-state index contributed by atoms with van der Waals surface area (Å²) in [6.07, 6.45) is 2.97. The minimum atomic E-state index is 0.284. The summed E-state index contributed by atoms with van der Waals surface area (Å²) in [6.45, 7) is 5.77. The molecule has 0 spiro atoms. The van der Waals surface area contributed by atoms with Gasteiger partial charge in [-0.1, -0.05) is 13.3 Å². The highest BCUT2D eigenvalue weighted by molar-refractivity contribution is 5.51. The molecular formula is C12H18O2. The molecule has 0 atom stereocenters. The van der Waals surface area contributed by atoms with Crippen LogP contribution in [0.5, 0.6) is 11.5 Å². The van der Waals surface area contributed by atoms with Gasteiger partial charge in [0, 0.05) is 5.56 Å². The molecular weight excluding hydrogens is 176 g/mol. The largest absolute Gasteiger partial charge is 0.508 e. The van der Waals surface area contributed by atoms with E-state index in [4.69, 9.17) is 0 Å². The molecule has 0 aliphatic heterocycles. The number of benzene rings is 1. The van der Waals surface area contributed by atoms with E-state index >= 15 is 0 Å². The Labute approximate surface area is 85.2 Å². The standard InChI is InChI=1S/C12H18O2/c1-4-5-6-10-9(3)11(13)7-8(2)12(10)14/h7,13-14H,4-6H2,1-3H3. The summed E-state index contributed by atoms with van der Waals surface area (Å²) >= 11 is 0. The fraction of sp³-hybridized carbons (Fsp3) is 0.500. The van der Waals surface area contributed by atoms with Crippen LogP contribution < -0.4 is 0 Å². The van der Waals surface area contributed by atoms with Crippen LogP contribution in [0.15, 0.2) is 6.07 Å². The van der Waals surface area contributed by atoms with Crippen LogP contribution in [-0.2, 0) is 6.42 Å². The molecule has 78 valence electrons. The third kappa shape index (κ3) is 2.00. The molecule has 0 aliphatic carbocycles. The van der Waals surface area contributed by atoms with Crippen LogP contribution >= 0.6 is 0 Å². The van der Waals surface area contributed by atoms with Crippen molar-refractivity contribution in [2.24, 2.45) is 0 Å². The minimum Gasteiger partial charge on any atom is -0.508 e. The second-order valence-corrected chi connectivity index (χ2v) is 3.77. The van der Waals surface area contributed by atoms with E-state index in [2.05, 4.69) is 6.92 Å². The van der Waals surface area contributed by atoms with Crippen molar-refractivity contribution >= 4 is 0 Å². The van der Waals surface area contributed by atoms with Crippen LogP contribution in [0, 0.1) is 13.8 Å². The smallest absolute Gasteiger partial charge is 0.122 e. The average Bonchev–Trinajstić information content (AvgIpc) is 2.15. The van der Waals surface area contributed by atoms with Crippen LogP contribution in [-0.4, -0.2) is 10.2 Å². The van der Waals surface area contributed by atoms with E-state index in [1.54, 1.807) is 6.07 Å². The Morgan fingerprint density at radius 3 is 2.43 bits per heavy atom. The van der Waals surface area contributed by atoms with Gasteiger partial charge >= 0.3 is 0 Å². The third-order valence-corrected chi connectivity index (χ3v) is 2.63. The van der Waals surface area contributed by atoms with Gasteiger partial charge in [0.15, 0.2) is 0 Å². The fourth-order valence-electron chi connectivity index (χ4n) is 1.61. The van der Waals surface area contributed by atoms with Crippen LogP contribution in [0.3, 0.4) is 0 Å². The molecule has 0 aliphatic rings. The van der Waals surface area contributed by atoms with Gasteiger partial charge in [-0.25, -0.2) is 0 Å². The first-order valence-corrected chi connectivity index (χ1v) is 5.09. The zero-order valence-corrected chi connectivity index (χ0v) is 9.09. The molecule has 0 radical (unpaired) electrons. The molecule has 1 aromatic carbocycles. The first kappa shape index (κ1) is 10.9. The number of rotatable bonds is 3. The van der Waals surface area contributed by atoms with Gasteiger partial charge in [0.2, 0.25) is 0 Å². The Bertz CT molecular complexity index is 303. The minimum absolute atomic E-state index is 0.284. The second-order valence-electron chi connectivity index (χ2n) is 3.77. The number of phenolic OH excluding ortho intramolecular Hbond substituents is 2. The van der Waals surface area contributed by atoms with Gasteiger partial charge < -0.3 is 10.2 Å². The zero-order chi connectivity index (χ0) is 10.7. The zero-order valence-electron chi connectivity index (χ0n) is 9.09. The molecule has 14 heavy (non-hydrogen) atoms. The molecule has 2 N–H and O–H groups in total. The van der Waals surface area contributed by atoms with E-state index in [0.29, 0.717) is 5.75 Å². The SMILES string of the molecule is CCCCc1c(C)c(O)cc(C)c1O. The summed E-state index contributed by atoms with van der Waals surface area (Å²) in [6, 6.07) is 1.61. The van der Waals surface area contributed by atoms with Crippen LogP contribution in [0.1, 0.15) is 36.5 Å². The highest BCUT2D eigenvalue weighted by Crippen LogP contribution is 2.32. The second kappa shape index (κ2) is 4.36. The van der Waals surface area contributed by atoms with Crippen molar-refractivity contribution < 1.29 is 10.2 Å². The van der Waals surface area contributed by atoms with E-state index in [-0.39, 0.29) is 5.75 Å². The lowest BCUT2D eigenvalue weighted by Gasteiger charge is -2.12. The van der Waals surface area contributed by atoms with Crippen LogP contribution in [0.2, 0.25) is 0 Å². The molecule has 0 aromatic heterocycles. The van der Waals surface area contributed by atoms with E-state index in [1.165, 1.54) is 0 Å². The Morgan fingerprint density at radius 2 is 1.86 bits per heavy atom. The number of unbranched alkanes of at least 4 members (excludes halogenated alkanes) is 1. The van der Waals surface area contributed by atoms with E-state index in [1.807, 2.05) is 13.8 Å². The van der Waals surface area contributed by atoms with Crippen LogP contribution in [0.25, 0.3) is 0 Å². The van der Waals surface area contributed by atoms with E-state index in [9.17, 15) is 10.2 Å². The maximum Gasteiger partial charge on any atom is 0.122 e. The Hall–Kier alpha value is -1.18. The molecule has 0 saturated heterocycles. The molecule has 0 amide bonds. The summed E-state index contributed by atoms with van der Waals surface area (Å²) in [7, 11) is 0. The van der Waals surface area contributed by atoms with Gasteiger partial charge in [-0.3, -0.25) is 0 Å². The summed E-state index contributed by atoms with van der Waals surface area (Å²) in [5.41, 5.74) is 2.45. The molecule has 2 heteroatoms. The van der Waals surface area contributed by atoms with E-state index in [0.717, 1.165) is 36.0 Å². The average molecular weight is 194 g/mol. The molecule has 0 saturated carbocycles. The predicted octanol–water partition coefficient (Wildman–Crippen LogP) is 3.06. The van der Waals surface area contributed by atoms with E-state index < -0.39 is 0 Å². The van der Waals surface area contributed by atoms with Crippen molar-refractivity contribution in [1.29, 1.82) is 0 Å². The lowest BCUT2D eigenvalue weighted by atomic mass is 9.98. The molecule has 0 bridgehead atoms. The lowest BCUT2D eigenvalue weighted by Crippen LogP contribution is -1.93. The van der Waals surface area contributed by atoms with Crippen molar-refractivity contribution in [2.75, 3.05) is 0 Å². The summed E-state index contributed by atoms with van der Waals surface area (Å²) in [4.78, 5) is 0. The summed E-state index contributed by atoms with van der Waals surface area (Å²) in [5, 5.41) is 19.4. The monoisotopic (exact) mass is 194 g/mol. The maximum absolute atomic E-state index is 9.82. The lowest BCUT2D eigenvalue weighted by molar-refractivity contribution is 0.446. The van der Waals surface area contributed by atoms with Gasteiger partial charge in [-0.15, -0.1) is 0 Å². The molecule has 1 rings (SSSR count). The number of phenols is 2. The van der Waals surface area contributed by atoms with Crippen molar-refractivity contribution in [3.05, 3.63) is 22.8 Å². The first-order valence-electron chi connectivity index (χ1n) is 5.09. The summed E-state index contributed by atoms with van der Waals surface area (Å²) < 4.78 is 0. The molecule has 1 aromatic rings. The summed E-state index contributed by atoms with van der Waals surface area (Å²) in [5.74, 6) is 0.625. The fourth-order valence-corrected chi connectivity index (χ4v) is 1.61. The number of hydrogen-bond acceptors (Lipinski definition) is 2. The number of hydrogen-bond donors (Lipinski definition) is 2. The number of aromatic hydroxyl groups is 2. The highest BCUT2D eigenvalue weighted by atomic mass is 16.3. The third-order valence-electron chi connectivity index (χ3n) is 2.63.